The Balaban J connectivity index is 2.01. The molecule has 1 fully saturated rings. The van der Waals surface area contributed by atoms with E-state index in [9.17, 15) is 4.79 Å². The quantitative estimate of drug-likeness (QED) is 0.730. The molecule has 0 N–H and O–H groups in total. The number of hydrogen-bond donors (Lipinski definition) is 0. The molecule has 0 saturated heterocycles. The molecule has 0 spiro atoms. The van der Waals surface area contributed by atoms with Crippen LogP contribution < -0.4 is 4.74 Å². The number of carbonyl (C=O) groups is 1. The van der Waals surface area contributed by atoms with Crippen molar-refractivity contribution in [3.8, 4) is 5.75 Å². The van der Waals surface area contributed by atoms with Crippen LogP contribution in [0.25, 0.3) is 0 Å². The van der Waals surface area contributed by atoms with Crippen molar-refractivity contribution in [1.29, 1.82) is 0 Å². The normalized spacial score (nSPS) is 15.5. The van der Waals surface area contributed by atoms with Crippen LogP contribution in [0.2, 0.25) is 0 Å². The van der Waals surface area contributed by atoms with Crippen LogP contribution in [0.15, 0.2) is 53.0 Å². The minimum absolute atomic E-state index is 0.165. The first-order valence-corrected chi connectivity index (χ1v) is 7.99. The van der Waals surface area contributed by atoms with E-state index >= 15 is 0 Å². The Hall–Kier alpha value is -1.61. The summed E-state index contributed by atoms with van der Waals surface area (Å²) in [6, 6.07) is 15.7. The lowest BCUT2D eigenvalue weighted by molar-refractivity contribution is 0.0942. The van der Waals surface area contributed by atoms with E-state index in [0.717, 1.165) is 22.9 Å². The standard InChI is InChI=1S/C18H17BrO2/c1-2-21-16-9-8-14(19)12-15(16)17(20)18(10-11-18)13-6-4-3-5-7-13/h3-9,12H,2,10-11H2,1H3. The molecule has 0 aliphatic heterocycles. The highest BCUT2D eigenvalue weighted by atomic mass is 79.9. The number of Topliss-reactive ketones (excluding diaryl/α,β-unsaturated/α-hetero) is 1. The van der Waals surface area contributed by atoms with Crippen LogP contribution in [0, 0.1) is 0 Å². The van der Waals surface area contributed by atoms with Gasteiger partial charge in [-0.25, -0.2) is 0 Å². The first kappa shape index (κ1) is 14.3. The van der Waals surface area contributed by atoms with Crippen LogP contribution in [0.4, 0.5) is 0 Å². The lowest BCUT2D eigenvalue weighted by Crippen LogP contribution is -2.21. The van der Waals surface area contributed by atoms with Crippen LogP contribution in [-0.4, -0.2) is 12.4 Å². The number of ether oxygens (including phenoxy) is 1. The van der Waals surface area contributed by atoms with Gasteiger partial charge in [0.05, 0.1) is 17.6 Å². The van der Waals surface area contributed by atoms with Crippen LogP contribution in [0.3, 0.4) is 0 Å². The van der Waals surface area contributed by atoms with Crippen LogP contribution in [0.1, 0.15) is 35.7 Å². The average Bonchev–Trinajstić information content (AvgIpc) is 3.31. The molecule has 1 aliphatic rings. The van der Waals surface area contributed by atoms with Crippen molar-refractivity contribution in [1.82, 2.24) is 0 Å². The fourth-order valence-corrected chi connectivity index (χ4v) is 3.11. The second-order valence-corrected chi connectivity index (χ2v) is 6.27. The van der Waals surface area contributed by atoms with Crippen molar-refractivity contribution in [3.05, 3.63) is 64.1 Å². The molecule has 0 radical (unpaired) electrons. The predicted molar refractivity (Wildman–Crippen MR) is 87.0 cm³/mol. The summed E-state index contributed by atoms with van der Waals surface area (Å²) in [5.74, 6) is 0.839. The lowest BCUT2D eigenvalue weighted by Gasteiger charge is -2.17. The topological polar surface area (TPSA) is 26.3 Å². The summed E-state index contributed by atoms with van der Waals surface area (Å²) < 4.78 is 6.53. The summed E-state index contributed by atoms with van der Waals surface area (Å²) >= 11 is 3.45. The molecule has 21 heavy (non-hydrogen) atoms. The van der Waals surface area contributed by atoms with E-state index in [0.29, 0.717) is 17.9 Å². The number of halogens is 1. The van der Waals surface area contributed by atoms with Crippen molar-refractivity contribution in [2.75, 3.05) is 6.61 Å². The van der Waals surface area contributed by atoms with Gasteiger partial charge >= 0.3 is 0 Å². The molecule has 1 aliphatic carbocycles. The monoisotopic (exact) mass is 344 g/mol. The number of hydrogen-bond acceptors (Lipinski definition) is 2. The molecule has 3 rings (SSSR count). The largest absolute Gasteiger partial charge is 0.493 e. The first-order valence-electron chi connectivity index (χ1n) is 7.20. The van der Waals surface area contributed by atoms with Crippen LogP contribution >= 0.6 is 15.9 Å². The Labute approximate surface area is 133 Å². The second-order valence-electron chi connectivity index (χ2n) is 5.35. The molecule has 0 amide bonds. The van der Waals surface area contributed by atoms with Gasteiger partial charge in [-0.05, 0) is 43.5 Å². The van der Waals surface area contributed by atoms with E-state index in [1.165, 1.54) is 0 Å². The summed E-state index contributed by atoms with van der Waals surface area (Å²) in [5.41, 5.74) is 1.43. The third kappa shape index (κ3) is 2.62. The molecule has 2 aromatic rings. The molecule has 2 nitrogen and oxygen atoms in total. The number of carbonyl (C=O) groups excluding carboxylic acids is 1. The highest BCUT2D eigenvalue weighted by Gasteiger charge is 2.51. The van der Waals surface area contributed by atoms with Gasteiger partial charge in [-0.1, -0.05) is 46.3 Å². The zero-order chi connectivity index (χ0) is 14.9. The third-order valence-electron chi connectivity index (χ3n) is 4.00. The Morgan fingerprint density at radius 3 is 2.52 bits per heavy atom. The molecule has 0 atom stereocenters. The van der Waals surface area contributed by atoms with E-state index < -0.39 is 0 Å². The van der Waals surface area contributed by atoms with Crippen LogP contribution in [0.5, 0.6) is 5.75 Å². The molecule has 0 bridgehead atoms. The Kier molecular flexibility index (Phi) is 3.85. The number of benzene rings is 2. The Bertz CT molecular complexity index is 660. The maximum atomic E-state index is 13.1. The van der Waals surface area contributed by atoms with Gasteiger partial charge in [0.1, 0.15) is 5.75 Å². The molecule has 1 saturated carbocycles. The van der Waals surface area contributed by atoms with Gasteiger partial charge in [0.15, 0.2) is 5.78 Å². The lowest BCUT2D eigenvalue weighted by atomic mass is 9.87. The fourth-order valence-electron chi connectivity index (χ4n) is 2.75. The molecular formula is C18H17BrO2. The summed E-state index contributed by atoms with van der Waals surface area (Å²) in [7, 11) is 0. The molecule has 0 heterocycles. The van der Waals surface area contributed by atoms with Gasteiger partial charge in [-0.15, -0.1) is 0 Å². The van der Waals surface area contributed by atoms with Crippen molar-refractivity contribution < 1.29 is 9.53 Å². The van der Waals surface area contributed by atoms with E-state index in [4.69, 9.17) is 4.74 Å². The maximum absolute atomic E-state index is 13.1. The second kappa shape index (κ2) is 5.64. The summed E-state index contributed by atoms with van der Waals surface area (Å²) in [5, 5.41) is 0. The number of rotatable bonds is 5. The van der Waals surface area contributed by atoms with Gasteiger partial charge in [-0.2, -0.15) is 0 Å². The predicted octanol–water partition coefficient (Wildman–Crippen LogP) is 4.76. The summed E-state index contributed by atoms with van der Waals surface area (Å²) in [6.07, 6.45) is 1.82. The minimum Gasteiger partial charge on any atom is -0.493 e. The summed E-state index contributed by atoms with van der Waals surface area (Å²) in [6.45, 7) is 2.49. The first-order chi connectivity index (χ1) is 10.2. The van der Waals surface area contributed by atoms with Gasteiger partial charge < -0.3 is 4.74 Å². The Morgan fingerprint density at radius 2 is 1.90 bits per heavy atom. The molecule has 0 unspecified atom stereocenters. The van der Waals surface area contributed by atoms with Crippen molar-refractivity contribution in [3.63, 3.8) is 0 Å². The smallest absolute Gasteiger partial charge is 0.177 e. The summed E-state index contributed by atoms with van der Waals surface area (Å²) in [4.78, 5) is 13.1. The van der Waals surface area contributed by atoms with Gasteiger partial charge in [-0.3, -0.25) is 4.79 Å². The van der Waals surface area contributed by atoms with E-state index in [2.05, 4.69) is 15.9 Å². The van der Waals surface area contributed by atoms with Gasteiger partial charge in [0.2, 0.25) is 0 Å². The van der Waals surface area contributed by atoms with E-state index in [-0.39, 0.29) is 11.2 Å². The highest BCUT2D eigenvalue weighted by molar-refractivity contribution is 9.10. The zero-order valence-electron chi connectivity index (χ0n) is 11.9. The Morgan fingerprint density at radius 1 is 1.19 bits per heavy atom. The maximum Gasteiger partial charge on any atom is 0.177 e. The van der Waals surface area contributed by atoms with Crippen molar-refractivity contribution in [2.24, 2.45) is 0 Å². The molecule has 108 valence electrons. The van der Waals surface area contributed by atoms with Crippen molar-refractivity contribution in [2.45, 2.75) is 25.2 Å². The molecule has 3 heteroatoms. The van der Waals surface area contributed by atoms with Gasteiger partial charge in [0, 0.05) is 4.47 Å². The average molecular weight is 345 g/mol. The van der Waals surface area contributed by atoms with Crippen molar-refractivity contribution >= 4 is 21.7 Å². The minimum atomic E-state index is -0.353. The van der Waals surface area contributed by atoms with E-state index in [1.807, 2.05) is 55.5 Å². The molecule has 0 aromatic heterocycles. The van der Waals surface area contributed by atoms with E-state index in [1.54, 1.807) is 0 Å². The molecular weight excluding hydrogens is 328 g/mol. The fraction of sp³-hybridized carbons (Fsp3) is 0.278. The third-order valence-corrected chi connectivity index (χ3v) is 4.49. The number of ketones is 1. The SMILES string of the molecule is CCOc1ccc(Br)cc1C(=O)C1(c2ccccc2)CC1. The van der Waals surface area contributed by atoms with Gasteiger partial charge in [0.25, 0.3) is 0 Å². The highest BCUT2D eigenvalue weighted by Crippen LogP contribution is 2.51. The van der Waals surface area contributed by atoms with Crippen LogP contribution in [-0.2, 0) is 5.41 Å². The molecule has 2 aromatic carbocycles. The zero-order valence-corrected chi connectivity index (χ0v) is 13.5.